The van der Waals surface area contributed by atoms with Crippen molar-refractivity contribution in [3.63, 3.8) is 0 Å². The zero-order valence-electron chi connectivity index (χ0n) is 20.3. The molecule has 0 aliphatic carbocycles. The van der Waals surface area contributed by atoms with Crippen molar-refractivity contribution in [1.82, 2.24) is 14.9 Å². The third kappa shape index (κ3) is 4.95. The Hall–Kier alpha value is -3.02. The highest BCUT2D eigenvalue weighted by molar-refractivity contribution is 7.23. The number of halogens is 1. The zero-order chi connectivity index (χ0) is 25.1. The predicted octanol–water partition coefficient (Wildman–Crippen LogP) is 4.57. The van der Waals surface area contributed by atoms with Gasteiger partial charge in [0.15, 0.2) is 5.13 Å². The Morgan fingerprint density at radius 1 is 1.22 bits per heavy atom. The first-order chi connectivity index (χ1) is 17.5. The average Bonchev–Trinajstić information content (AvgIpc) is 3.48. The molecule has 9 nitrogen and oxygen atoms in total. The van der Waals surface area contributed by atoms with Crippen LogP contribution in [0.3, 0.4) is 0 Å². The molecular formula is C25H29FN4O5S. The van der Waals surface area contributed by atoms with Crippen LogP contribution >= 0.6 is 11.3 Å². The van der Waals surface area contributed by atoms with Crippen LogP contribution in [0.25, 0.3) is 21.3 Å². The molecule has 2 aromatic heterocycles. The molecule has 1 aromatic carbocycles. The van der Waals surface area contributed by atoms with Crippen LogP contribution in [0.1, 0.15) is 19.3 Å². The quantitative estimate of drug-likeness (QED) is 0.363. The molecule has 2 saturated heterocycles. The van der Waals surface area contributed by atoms with Crippen molar-refractivity contribution >= 4 is 32.7 Å². The lowest BCUT2D eigenvalue weighted by atomic mass is 9.80. The molecule has 1 N–H and O–H groups in total. The van der Waals surface area contributed by atoms with Gasteiger partial charge in [-0.15, -0.1) is 0 Å². The fourth-order valence-corrected chi connectivity index (χ4v) is 5.85. The molecule has 2 aliphatic heterocycles. The summed E-state index contributed by atoms with van der Waals surface area (Å²) in [6.45, 7) is 3.70. The number of carbonyl (C=O) groups excluding carboxylic acids is 1. The first-order valence-electron chi connectivity index (χ1n) is 11.9. The molecule has 2 amide bonds. The van der Waals surface area contributed by atoms with Crippen LogP contribution in [0.2, 0.25) is 0 Å². The smallest absolute Gasteiger partial charge is 0.323 e. The number of methoxy groups -OCH3 is 2. The van der Waals surface area contributed by atoms with E-state index in [4.69, 9.17) is 18.9 Å². The first-order valence-corrected chi connectivity index (χ1v) is 12.7. The van der Waals surface area contributed by atoms with E-state index < -0.39 is 5.95 Å². The second-order valence-corrected chi connectivity index (χ2v) is 10.1. The summed E-state index contributed by atoms with van der Waals surface area (Å²) in [5.74, 6) is -0.0317. The minimum Gasteiger partial charge on any atom is -0.491 e. The number of fused-ring (bicyclic) bond motifs is 1. The number of nitrogens with one attached hydrogen (secondary N) is 1. The largest absolute Gasteiger partial charge is 0.491 e. The van der Waals surface area contributed by atoms with Crippen LogP contribution in [-0.4, -0.2) is 74.6 Å². The van der Waals surface area contributed by atoms with E-state index in [0.29, 0.717) is 53.0 Å². The minimum atomic E-state index is -0.684. The Bertz CT molecular complexity index is 1250. The maximum absolute atomic E-state index is 15.2. The molecule has 5 rings (SSSR count). The summed E-state index contributed by atoms with van der Waals surface area (Å²) in [6, 6.07) is 6.91. The van der Waals surface area contributed by atoms with Crippen LogP contribution in [0, 0.1) is 11.4 Å². The monoisotopic (exact) mass is 516 g/mol. The normalized spacial score (nSPS) is 17.0. The predicted molar refractivity (Wildman–Crippen MR) is 134 cm³/mol. The van der Waals surface area contributed by atoms with Gasteiger partial charge in [0.2, 0.25) is 11.8 Å². The van der Waals surface area contributed by atoms with E-state index in [9.17, 15) is 4.79 Å². The van der Waals surface area contributed by atoms with Crippen LogP contribution in [0.15, 0.2) is 24.3 Å². The SMILES string of the molecule is COCCOc1cccc(-c2c(F)nc(OC)c3nc(NC(=O)N4CCC5(CCOCC5)C4)sc23)c1. The summed E-state index contributed by atoms with van der Waals surface area (Å²) in [5, 5.41) is 3.27. The summed E-state index contributed by atoms with van der Waals surface area (Å²) < 4.78 is 37.3. The maximum atomic E-state index is 15.2. The second kappa shape index (κ2) is 10.5. The van der Waals surface area contributed by atoms with Gasteiger partial charge in [0, 0.05) is 33.4 Å². The van der Waals surface area contributed by atoms with Crippen LogP contribution < -0.4 is 14.8 Å². The number of hydrogen-bond acceptors (Lipinski definition) is 8. The molecule has 192 valence electrons. The summed E-state index contributed by atoms with van der Waals surface area (Å²) in [4.78, 5) is 23.4. The van der Waals surface area contributed by atoms with Crippen molar-refractivity contribution in [2.75, 3.05) is 59.1 Å². The van der Waals surface area contributed by atoms with Crippen LogP contribution in [0.5, 0.6) is 11.6 Å². The highest BCUT2D eigenvalue weighted by Gasteiger charge is 2.41. The number of nitrogens with zero attached hydrogens (tertiary/aromatic N) is 3. The summed E-state index contributed by atoms with van der Waals surface area (Å²) in [6.07, 6.45) is 2.91. The standard InChI is InChI=1S/C25H29FN4O5S/c1-32-12-13-35-17-5-3-4-16(14-17)18-20-19(22(33-2)28-21(18)26)27-23(36-20)29-24(31)30-9-6-25(15-30)7-10-34-11-8-25/h3-5,14H,6-13,15H2,1-2H3,(H,27,29,31). The maximum Gasteiger partial charge on any atom is 0.323 e. The number of thiazole rings is 1. The van der Waals surface area contributed by atoms with Gasteiger partial charge in [-0.05, 0) is 42.4 Å². The second-order valence-electron chi connectivity index (χ2n) is 9.07. The highest BCUT2D eigenvalue weighted by atomic mass is 32.1. The molecule has 0 unspecified atom stereocenters. The summed E-state index contributed by atoms with van der Waals surface area (Å²) >= 11 is 1.19. The Morgan fingerprint density at radius 3 is 2.83 bits per heavy atom. The molecule has 0 saturated carbocycles. The van der Waals surface area contributed by atoms with Crippen molar-refractivity contribution in [3.05, 3.63) is 30.2 Å². The van der Waals surface area contributed by atoms with Crippen molar-refractivity contribution in [2.45, 2.75) is 19.3 Å². The minimum absolute atomic E-state index is 0.0674. The number of carbonyl (C=O) groups is 1. The summed E-state index contributed by atoms with van der Waals surface area (Å²) in [7, 11) is 3.02. The van der Waals surface area contributed by atoms with E-state index in [1.807, 2.05) is 4.90 Å². The third-order valence-electron chi connectivity index (χ3n) is 6.83. The lowest BCUT2D eigenvalue weighted by Crippen LogP contribution is -2.37. The number of anilines is 1. The van der Waals surface area contributed by atoms with Gasteiger partial charge in [0.05, 0.1) is 24.0 Å². The lowest BCUT2D eigenvalue weighted by molar-refractivity contribution is 0.0211. The molecule has 1 spiro atoms. The Morgan fingerprint density at radius 2 is 2.06 bits per heavy atom. The number of hydrogen-bond donors (Lipinski definition) is 1. The molecule has 3 aromatic rings. The topological polar surface area (TPSA) is 95.0 Å². The lowest BCUT2D eigenvalue weighted by Gasteiger charge is -2.33. The van der Waals surface area contributed by atoms with Crippen molar-refractivity contribution < 1.29 is 28.1 Å². The van der Waals surface area contributed by atoms with Gasteiger partial charge >= 0.3 is 6.03 Å². The number of aromatic nitrogens is 2. The van der Waals surface area contributed by atoms with Gasteiger partial charge in [-0.2, -0.15) is 9.37 Å². The van der Waals surface area contributed by atoms with E-state index in [2.05, 4.69) is 15.3 Å². The van der Waals surface area contributed by atoms with Crippen molar-refractivity contribution in [3.8, 4) is 22.8 Å². The van der Waals surface area contributed by atoms with Crippen LogP contribution in [-0.2, 0) is 9.47 Å². The van der Waals surface area contributed by atoms with Crippen molar-refractivity contribution in [1.29, 1.82) is 0 Å². The number of benzene rings is 1. The molecule has 2 aliphatic rings. The molecule has 0 radical (unpaired) electrons. The Labute approximate surface area is 212 Å². The number of urea groups is 1. The van der Waals surface area contributed by atoms with E-state index >= 15 is 4.39 Å². The number of ether oxygens (including phenoxy) is 4. The fourth-order valence-electron chi connectivity index (χ4n) is 4.85. The number of likely N-dealkylation sites (tertiary alicyclic amines) is 1. The van der Waals surface area contributed by atoms with Gasteiger partial charge < -0.3 is 23.8 Å². The summed E-state index contributed by atoms with van der Waals surface area (Å²) in [5.41, 5.74) is 1.40. The Balaban J connectivity index is 1.42. The van der Waals surface area contributed by atoms with Gasteiger partial charge in [-0.25, -0.2) is 9.78 Å². The average molecular weight is 517 g/mol. The van der Waals surface area contributed by atoms with E-state index in [1.54, 1.807) is 31.4 Å². The first kappa shape index (κ1) is 24.7. The molecule has 0 bridgehead atoms. The molecule has 11 heteroatoms. The van der Waals surface area contributed by atoms with Gasteiger partial charge in [-0.1, -0.05) is 23.5 Å². The molecule has 2 fully saturated rings. The third-order valence-corrected chi connectivity index (χ3v) is 7.82. The highest BCUT2D eigenvalue weighted by Crippen LogP contribution is 2.42. The molecule has 0 atom stereocenters. The van der Waals surface area contributed by atoms with E-state index in [-0.39, 0.29) is 22.9 Å². The van der Waals surface area contributed by atoms with E-state index in [0.717, 1.165) is 32.5 Å². The number of rotatable bonds is 7. The molecular weight excluding hydrogens is 487 g/mol. The number of pyridine rings is 1. The van der Waals surface area contributed by atoms with Gasteiger partial charge in [0.25, 0.3) is 0 Å². The van der Waals surface area contributed by atoms with Crippen molar-refractivity contribution in [2.24, 2.45) is 5.41 Å². The molecule has 36 heavy (non-hydrogen) atoms. The van der Waals surface area contributed by atoms with Crippen LogP contribution in [0.4, 0.5) is 14.3 Å². The Kier molecular flexibility index (Phi) is 7.22. The number of amides is 2. The molecule has 4 heterocycles. The fraction of sp³-hybridized carbons (Fsp3) is 0.480. The van der Waals surface area contributed by atoms with Gasteiger partial charge in [-0.3, -0.25) is 5.32 Å². The zero-order valence-corrected chi connectivity index (χ0v) is 21.2. The van der Waals surface area contributed by atoms with Gasteiger partial charge in [0.1, 0.15) is 17.9 Å². The van der Waals surface area contributed by atoms with E-state index in [1.165, 1.54) is 18.4 Å².